The van der Waals surface area contributed by atoms with Gasteiger partial charge in [-0.15, -0.1) is 0 Å². The summed E-state index contributed by atoms with van der Waals surface area (Å²) in [6.45, 7) is 5.75. The van der Waals surface area contributed by atoms with Crippen molar-refractivity contribution in [3.8, 4) is 0 Å². The van der Waals surface area contributed by atoms with Crippen LogP contribution in [0.2, 0.25) is 0 Å². The lowest BCUT2D eigenvalue weighted by atomic mass is 9.96. The first-order chi connectivity index (χ1) is 11.2. The molecule has 4 rings (SSSR count). The second-order valence-corrected chi connectivity index (χ2v) is 6.65. The maximum atomic E-state index is 6.26. The van der Waals surface area contributed by atoms with E-state index in [-0.39, 0.29) is 0 Å². The second-order valence-electron chi connectivity index (χ2n) is 6.65. The molecular weight excluding hydrogens is 290 g/mol. The average Bonchev–Trinajstić information content (AvgIpc) is 2.96. The molecule has 124 valence electrons. The fourth-order valence-corrected chi connectivity index (χ4v) is 3.84. The Bertz CT molecular complexity index is 696. The molecule has 3 heterocycles. The Balaban J connectivity index is 1.85. The molecule has 1 aliphatic heterocycles. The Labute approximate surface area is 136 Å². The molecule has 2 aromatic rings. The van der Waals surface area contributed by atoms with Gasteiger partial charge in [0.1, 0.15) is 17.0 Å². The SMILES string of the molecule is Cc1nc(N)c2c(N3CCNCC3)nn(C3CCCCC3)c2n1. The molecule has 7 nitrogen and oxygen atoms in total. The molecule has 2 aromatic heterocycles. The second kappa shape index (κ2) is 5.96. The van der Waals surface area contributed by atoms with Crippen LogP contribution in [-0.2, 0) is 0 Å². The molecule has 1 saturated heterocycles. The van der Waals surface area contributed by atoms with E-state index in [1.807, 2.05) is 6.92 Å². The molecule has 0 bridgehead atoms. The summed E-state index contributed by atoms with van der Waals surface area (Å²) in [5.74, 6) is 2.24. The number of hydrogen-bond acceptors (Lipinski definition) is 6. The maximum absolute atomic E-state index is 6.26. The molecule has 0 unspecified atom stereocenters. The van der Waals surface area contributed by atoms with Crippen LogP contribution < -0.4 is 16.0 Å². The Morgan fingerprint density at radius 2 is 1.83 bits per heavy atom. The van der Waals surface area contributed by atoms with Crippen molar-refractivity contribution in [1.29, 1.82) is 0 Å². The fraction of sp³-hybridized carbons (Fsp3) is 0.688. The quantitative estimate of drug-likeness (QED) is 0.876. The Kier molecular flexibility index (Phi) is 3.80. The highest BCUT2D eigenvalue weighted by Crippen LogP contribution is 2.35. The monoisotopic (exact) mass is 315 g/mol. The van der Waals surface area contributed by atoms with E-state index in [4.69, 9.17) is 15.8 Å². The van der Waals surface area contributed by atoms with Crippen LogP contribution in [0, 0.1) is 6.92 Å². The van der Waals surface area contributed by atoms with Gasteiger partial charge < -0.3 is 16.0 Å². The first kappa shape index (κ1) is 14.7. The minimum Gasteiger partial charge on any atom is -0.383 e. The van der Waals surface area contributed by atoms with Gasteiger partial charge in [0, 0.05) is 26.2 Å². The molecule has 2 fully saturated rings. The van der Waals surface area contributed by atoms with E-state index in [1.165, 1.54) is 32.1 Å². The van der Waals surface area contributed by atoms with Crippen LogP contribution in [0.1, 0.15) is 44.0 Å². The van der Waals surface area contributed by atoms with Gasteiger partial charge in [0.25, 0.3) is 0 Å². The molecule has 23 heavy (non-hydrogen) atoms. The minimum atomic E-state index is 0.441. The van der Waals surface area contributed by atoms with Crippen LogP contribution >= 0.6 is 0 Å². The van der Waals surface area contributed by atoms with Gasteiger partial charge in [-0.1, -0.05) is 19.3 Å². The summed E-state index contributed by atoms with van der Waals surface area (Å²) in [6.07, 6.45) is 6.24. The molecule has 0 radical (unpaired) electrons. The molecule has 3 N–H and O–H groups in total. The highest BCUT2D eigenvalue weighted by molar-refractivity contribution is 5.96. The van der Waals surface area contributed by atoms with Gasteiger partial charge in [0.05, 0.1) is 6.04 Å². The Morgan fingerprint density at radius 3 is 2.57 bits per heavy atom. The number of nitrogens with zero attached hydrogens (tertiary/aromatic N) is 5. The predicted octanol–water partition coefficient (Wildman–Crippen LogP) is 1.63. The average molecular weight is 315 g/mol. The molecule has 2 aliphatic rings. The minimum absolute atomic E-state index is 0.441. The standard InChI is InChI=1S/C16H25N7/c1-11-19-14(17)13-15(20-11)23(12-5-3-2-4-6-12)21-16(13)22-9-7-18-8-10-22/h12,18H,2-10H2,1H3,(H2,17,19,20). The normalized spacial score (nSPS) is 20.3. The van der Waals surface area contributed by atoms with Gasteiger partial charge in [-0.05, 0) is 19.8 Å². The lowest BCUT2D eigenvalue weighted by Gasteiger charge is -2.27. The third-order valence-corrected chi connectivity index (χ3v) is 5.01. The van der Waals surface area contributed by atoms with Crippen molar-refractivity contribution in [2.45, 2.75) is 45.1 Å². The number of aryl methyl sites for hydroxylation is 1. The predicted molar refractivity (Wildman–Crippen MR) is 91.7 cm³/mol. The number of piperazine rings is 1. The summed E-state index contributed by atoms with van der Waals surface area (Å²) in [6, 6.07) is 0.441. The number of nitrogens with two attached hydrogens (primary N) is 1. The number of rotatable bonds is 2. The lowest BCUT2D eigenvalue weighted by molar-refractivity contribution is 0.335. The zero-order valence-electron chi connectivity index (χ0n) is 13.8. The third-order valence-electron chi connectivity index (χ3n) is 5.01. The summed E-state index contributed by atoms with van der Waals surface area (Å²) in [4.78, 5) is 11.4. The van der Waals surface area contributed by atoms with E-state index in [9.17, 15) is 0 Å². The number of aromatic nitrogens is 4. The zero-order valence-corrected chi connectivity index (χ0v) is 13.8. The highest BCUT2D eigenvalue weighted by Gasteiger charge is 2.26. The summed E-state index contributed by atoms with van der Waals surface area (Å²) in [5, 5.41) is 9.29. The number of nitrogens with one attached hydrogen (secondary N) is 1. The van der Waals surface area contributed by atoms with Gasteiger partial charge in [-0.2, -0.15) is 5.10 Å². The van der Waals surface area contributed by atoms with Crippen molar-refractivity contribution in [2.75, 3.05) is 36.8 Å². The third kappa shape index (κ3) is 2.63. The molecule has 0 amide bonds. The molecule has 1 aliphatic carbocycles. The number of anilines is 2. The molecule has 1 saturated carbocycles. The number of hydrogen-bond donors (Lipinski definition) is 2. The van der Waals surface area contributed by atoms with Gasteiger partial charge >= 0.3 is 0 Å². The van der Waals surface area contributed by atoms with Crippen LogP contribution in [0.3, 0.4) is 0 Å². The lowest BCUT2D eigenvalue weighted by Crippen LogP contribution is -2.43. The summed E-state index contributed by atoms with van der Waals surface area (Å²) in [7, 11) is 0. The first-order valence-electron chi connectivity index (χ1n) is 8.72. The zero-order chi connectivity index (χ0) is 15.8. The first-order valence-corrected chi connectivity index (χ1v) is 8.72. The smallest absolute Gasteiger partial charge is 0.166 e. The van der Waals surface area contributed by atoms with E-state index in [2.05, 4.69) is 19.9 Å². The van der Waals surface area contributed by atoms with Crippen molar-refractivity contribution < 1.29 is 0 Å². The van der Waals surface area contributed by atoms with Crippen LogP contribution in [0.25, 0.3) is 11.0 Å². The van der Waals surface area contributed by atoms with Crippen LogP contribution in [0.5, 0.6) is 0 Å². The van der Waals surface area contributed by atoms with Crippen LogP contribution in [0.15, 0.2) is 0 Å². The highest BCUT2D eigenvalue weighted by atomic mass is 15.4. The van der Waals surface area contributed by atoms with Gasteiger partial charge in [-0.25, -0.2) is 14.6 Å². The molecule has 7 heteroatoms. The van der Waals surface area contributed by atoms with Crippen molar-refractivity contribution in [3.05, 3.63) is 5.82 Å². The topological polar surface area (TPSA) is 84.9 Å². The number of nitrogen functional groups attached to an aromatic ring is 1. The molecule has 0 aromatic carbocycles. The molecule has 0 spiro atoms. The van der Waals surface area contributed by atoms with E-state index in [0.717, 1.165) is 48.9 Å². The summed E-state index contributed by atoms with van der Waals surface area (Å²) < 4.78 is 2.14. The summed E-state index contributed by atoms with van der Waals surface area (Å²) in [5.41, 5.74) is 7.17. The molecular formula is C16H25N7. The fourth-order valence-electron chi connectivity index (χ4n) is 3.84. The van der Waals surface area contributed by atoms with E-state index in [1.54, 1.807) is 0 Å². The van der Waals surface area contributed by atoms with Crippen molar-refractivity contribution >= 4 is 22.7 Å². The van der Waals surface area contributed by atoms with Crippen LogP contribution in [0.4, 0.5) is 11.6 Å². The maximum Gasteiger partial charge on any atom is 0.166 e. The van der Waals surface area contributed by atoms with Gasteiger partial charge in [0.15, 0.2) is 11.5 Å². The summed E-state index contributed by atoms with van der Waals surface area (Å²) >= 11 is 0. The number of fused-ring (bicyclic) bond motifs is 1. The largest absolute Gasteiger partial charge is 0.383 e. The van der Waals surface area contributed by atoms with Crippen molar-refractivity contribution in [2.24, 2.45) is 0 Å². The van der Waals surface area contributed by atoms with Gasteiger partial charge in [0.2, 0.25) is 0 Å². The van der Waals surface area contributed by atoms with Gasteiger partial charge in [-0.3, -0.25) is 0 Å². The Morgan fingerprint density at radius 1 is 1.09 bits per heavy atom. The van der Waals surface area contributed by atoms with E-state index in [0.29, 0.717) is 11.9 Å². The van der Waals surface area contributed by atoms with Crippen molar-refractivity contribution in [1.82, 2.24) is 25.1 Å². The van der Waals surface area contributed by atoms with Crippen LogP contribution in [-0.4, -0.2) is 45.9 Å². The van der Waals surface area contributed by atoms with E-state index >= 15 is 0 Å². The Hall–Kier alpha value is -1.89. The van der Waals surface area contributed by atoms with Crippen molar-refractivity contribution in [3.63, 3.8) is 0 Å². The van der Waals surface area contributed by atoms with E-state index < -0.39 is 0 Å². The molecule has 0 atom stereocenters.